The average molecular weight is 504 g/mol. The van der Waals surface area contributed by atoms with Gasteiger partial charge in [0, 0.05) is 50.5 Å². The van der Waals surface area contributed by atoms with Gasteiger partial charge < -0.3 is 20.2 Å². The van der Waals surface area contributed by atoms with Crippen LogP contribution in [0.1, 0.15) is 53.9 Å². The van der Waals surface area contributed by atoms with Crippen molar-refractivity contribution in [3.63, 3.8) is 0 Å². The number of ketones is 1. The molecule has 2 aromatic heterocycles. The van der Waals surface area contributed by atoms with Crippen LogP contribution in [0, 0.1) is 5.82 Å². The average Bonchev–Trinajstić information content (AvgIpc) is 3.65. The Morgan fingerprint density at radius 3 is 2.62 bits per heavy atom. The number of piperazine rings is 1. The van der Waals surface area contributed by atoms with E-state index in [1.165, 1.54) is 49.6 Å². The molecular formula is C27H30FN7O2. The van der Waals surface area contributed by atoms with Gasteiger partial charge in [-0.05, 0) is 36.5 Å². The number of anilines is 2. The number of carbonyl (C=O) groups excluding carboxylic acids is 2. The molecule has 0 atom stereocenters. The molecule has 192 valence electrons. The zero-order valence-electron chi connectivity index (χ0n) is 20.5. The third-order valence-electron chi connectivity index (χ3n) is 7.68. The number of Topliss-reactive ketones (excluding diaryl/α,β-unsaturated/α-hetero) is 1. The largest absolute Gasteiger partial charge is 0.368 e. The van der Waals surface area contributed by atoms with E-state index in [-0.39, 0.29) is 10.9 Å². The third-order valence-corrected chi connectivity index (χ3v) is 7.68. The normalized spacial score (nSPS) is 18.5. The van der Waals surface area contributed by atoms with Crippen LogP contribution in [0.3, 0.4) is 0 Å². The monoisotopic (exact) mass is 503 g/mol. The number of aromatic nitrogens is 2. The number of carbonyl (C=O) groups is 2. The summed E-state index contributed by atoms with van der Waals surface area (Å²) < 4.78 is 14.8. The molecule has 1 saturated heterocycles. The van der Waals surface area contributed by atoms with Gasteiger partial charge in [0.15, 0.2) is 11.6 Å². The van der Waals surface area contributed by atoms with Crippen LogP contribution in [0.2, 0.25) is 0 Å². The molecule has 3 N–H and O–H groups in total. The van der Waals surface area contributed by atoms with Crippen molar-refractivity contribution in [3.8, 4) is 0 Å². The van der Waals surface area contributed by atoms with Gasteiger partial charge in [0.25, 0.3) is 11.7 Å². The SMILES string of the molecule is O=C(C(=O)N1CCN(c2cccc(C3CCCCC3)c2)CC1)c1c[nH]c2c(N3C=CNN3)ncc(F)c12. The molecule has 37 heavy (non-hydrogen) atoms. The van der Waals surface area contributed by atoms with Gasteiger partial charge >= 0.3 is 0 Å². The van der Waals surface area contributed by atoms with Gasteiger partial charge in [-0.2, -0.15) is 0 Å². The molecule has 1 aromatic carbocycles. The number of pyridine rings is 1. The van der Waals surface area contributed by atoms with E-state index < -0.39 is 17.5 Å². The number of H-pyrrole nitrogens is 1. The molecule has 3 aromatic rings. The number of aromatic amines is 1. The standard InChI is InChI=1S/C27H30FN7O2/c28-22-17-30-26(35-10-9-31-32-35)24-23(22)21(16-29-24)25(36)27(37)34-13-11-33(12-14-34)20-8-4-7-19(15-20)18-5-2-1-3-6-18/h4,7-10,15-18,29,31-32H,1-3,5-6,11-14H2. The molecule has 9 nitrogen and oxygen atoms in total. The maximum absolute atomic E-state index is 14.8. The van der Waals surface area contributed by atoms with Crippen LogP contribution in [-0.2, 0) is 4.79 Å². The molecule has 0 radical (unpaired) electrons. The highest BCUT2D eigenvalue weighted by atomic mass is 19.1. The Kier molecular flexibility index (Phi) is 6.25. The number of halogens is 1. The maximum atomic E-state index is 14.8. The van der Waals surface area contributed by atoms with Crippen LogP contribution in [0.4, 0.5) is 15.9 Å². The summed E-state index contributed by atoms with van der Waals surface area (Å²) in [5.74, 6) is -0.980. The maximum Gasteiger partial charge on any atom is 0.295 e. The minimum atomic E-state index is -0.724. The molecule has 3 aliphatic rings. The zero-order chi connectivity index (χ0) is 25.4. The molecule has 1 aliphatic carbocycles. The number of amides is 1. The lowest BCUT2D eigenvalue weighted by molar-refractivity contribution is -0.126. The Labute approximate surface area is 214 Å². The number of hydrogen-bond acceptors (Lipinski definition) is 7. The molecule has 1 amide bonds. The quantitative estimate of drug-likeness (QED) is 0.362. The zero-order valence-corrected chi connectivity index (χ0v) is 20.5. The van der Waals surface area contributed by atoms with Crippen LogP contribution in [0.5, 0.6) is 0 Å². The number of nitrogens with one attached hydrogen (secondary N) is 3. The van der Waals surface area contributed by atoms with Crippen molar-refractivity contribution in [1.29, 1.82) is 0 Å². The fourth-order valence-electron chi connectivity index (χ4n) is 5.67. The van der Waals surface area contributed by atoms with Gasteiger partial charge in [0.2, 0.25) is 0 Å². The highest BCUT2D eigenvalue weighted by Gasteiger charge is 2.30. The minimum absolute atomic E-state index is 0.0138. The van der Waals surface area contributed by atoms with Crippen molar-refractivity contribution in [3.05, 3.63) is 66.0 Å². The lowest BCUT2D eigenvalue weighted by atomic mass is 9.84. The number of rotatable bonds is 5. The van der Waals surface area contributed by atoms with Gasteiger partial charge in [0.05, 0.1) is 22.7 Å². The number of benzene rings is 1. The fraction of sp³-hybridized carbons (Fsp3) is 0.370. The predicted molar refractivity (Wildman–Crippen MR) is 139 cm³/mol. The number of fused-ring (bicyclic) bond motifs is 1. The molecule has 0 spiro atoms. The van der Waals surface area contributed by atoms with E-state index >= 15 is 0 Å². The number of hydrazine groups is 2. The summed E-state index contributed by atoms with van der Waals surface area (Å²) in [6.07, 6.45) is 12.2. The smallest absolute Gasteiger partial charge is 0.295 e. The summed E-state index contributed by atoms with van der Waals surface area (Å²) in [6.45, 7) is 2.15. The minimum Gasteiger partial charge on any atom is -0.368 e. The van der Waals surface area contributed by atoms with E-state index in [2.05, 4.69) is 50.1 Å². The van der Waals surface area contributed by atoms with Gasteiger partial charge in [-0.15, -0.1) is 5.53 Å². The number of hydrogen-bond donors (Lipinski definition) is 3. The molecule has 2 fully saturated rings. The summed E-state index contributed by atoms with van der Waals surface area (Å²) in [7, 11) is 0. The summed E-state index contributed by atoms with van der Waals surface area (Å²) in [6, 6.07) is 8.76. The van der Waals surface area contributed by atoms with Crippen molar-refractivity contribution in [1.82, 2.24) is 25.8 Å². The molecule has 10 heteroatoms. The first-order valence-electron chi connectivity index (χ1n) is 12.9. The van der Waals surface area contributed by atoms with E-state index in [4.69, 9.17) is 0 Å². The van der Waals surface area contributed by atoms with Crippen molar-refractivity contribution in [2.24, 2.45) is 0 Å². The lowest BCUT2D eigenvalue weighted by Gasteiger charge is -2.36. The van der Waals surface area contributed by atoms with Gasteiger partial charge in [-0.1, -0.05) is 31.4 Å². The second-order valence-electron chi connectivity index (χ2n) is 9.86. The molecule has 2 aliphatic heterocycles. The molecule has 4 heterocycles. The first kappa shape index (κ1) is 23.5. The van der Waals surface area contributed by atoms with Crippen LogP contribution < -0.4 is 20.9 Å². The van der Waals surface area contributed by atoms with Gasteiger partial charge in [-0.25, -0.2) is 14.4 Å². The van der Waals surface area contributed by atoms with Gasteiger partial charge in [0.1, 0.15) is 0 Å². The van der Waals surface area contributed by atoms with E-state index in [0.717, 1.165) is 6.20 Å². The Morgan fingerprint density at radius 2 is 1.86 bits per heavy atom. The van der Waals surface area contributed by atoms with E-state index in [9.17, 15) is 14.0 Å². The van der Waals surface area contributed by atoms with Crippen molar-refractivity contribution < 1.29 is 14.0 Å². The fourth-order valence-corrected chi connectivity index (χ4v) is 5.67. The van der Waals surface area contributed by atoms with E-state index in [0.29, 0.717) is 43.4 Å². The molecule has 0 bridgehead atoms. The second kappa shape index (κ2) is 9.85. The Balaban J connectivity index is 1.15. The van der Waals surface area contributed by atoms with Crippen molar-refractivity contribution >= 4 is 34.1 Å². The second-order valence-corrected chi connectivity index (χ2v) is 9.86. The first-order chi connectivity index (χ1) is 18.1. The third kappa shape index (κ3) is 4.42. The number of nitrogens with zero attached hydrogens (tertiary/aromatic N) is 4. The highest BCUT2D eigenvalue weighted by Crippen LogP contribution is 2.34. The van der Waals surface area contributed by atoms with E-state index in [1.54, 1.807) is 22.3 Å². The summed E-state index contributed by atoms with van der Waals surface area (Å²) in [5.41, 5.74) is 8.54. The van der Waals surface area contributed by atoms with Crippen molar-refractivity contribution in [2.45, 2.75) is 38.0 Å². The highest BCUT2D eigenvalue weighted by molar-refractivity contribution is 6.45. The molecule has 1 saturated carbocycles. The van der Waals surface area contributed by atoms with Crippen LogP contribution in [0.25, 0.3) is 10.9 Å². The van der Waals surface area contributed by atoms with Gasteiger partial charge in [-0.3, -0.25) is 9.59 Å². The Morgan fingerprint density at radius 1 is 1.05 bits per heavy atom. The van der Waals surface area contributed by atoms with Crippen molar-refractivity contribution in [2.75, 3.05) is 36.1 Å². The molecule has 0 unspecified atom stereocenters. The first-order valence-corrected chi connectivity index (χ1v) is 12.9. The summed E-state index contributed by atoms with van der Waals surface area (Å²) in [4.78, 5) is 37.3. The van der Waals surface area contributed by atoms with Crippen LogP contribution in [-0.4, -0.2) is 52.7 Å². The Bertz CT molecular complexity index is 1360. The van der Waals surface area contributed by atoms with Crippen LogP contribution >= 0.6 is 0 Å². The van der Waals surface area contributed by atoms with Crippen LogP contribution in [0.15, 0.2) is 49.1 Å². The summed E-state index contributed by atoms with van der Waals surface area (Å²) in [5, 5.41) is 1.61. The predicted octanol–water partition coefficient (Wildman–Crippen LogP) is 3.58. The Hall–Kier alpha value is -3.92. The van der Waals surface area contributed by atoms with E-state index in [1.807, 2.05) is 0 Å². The summed E-state index contributed by atoms with van der Waals surface area (Å²) >= 11 is 0. The molecular weight excluding hydrogens is 473 g/mol. The topological polar surface area (TPSA) is 96.6 Å². The lowest BCUT2D eigenvalue weighted by Crippen LogP contribution is -2.50. The molecule has 6 rings (SSSR count).